The van der Waals surface area contributed by atoms with Crippen LogP contribution in [0, 0.1) is 12.3 Å². The highest BCUT2D eigenvalue weighted by Crippen LogP contribution is 2.39. The van der Waals surface area contributed by atoms with Gasteiger partial charge in [0.2, 0.25) is 5.95 Å². The molecule has 3 heterocycles. The van der Waals surface area contributed by atoms with Crippen molar-refractivity contribution in [3.8, 4) is 11.5 Å². The molecule has 0 radical (unpaired) electrons. The molecule has 1 atom stereocenters. The molecule has 1 aromatic heterocycles. The molecule has 2 saturated heterocycles. The van der Waals surface area contributed by atoms with E-state index in [0.29, 0.717) is 11.2 Å². The van der Waals surface area contributed by atoms with Crippen molar-refractivity contribution in [2.75, 3.05) is 36.9 Å². The third kappa shape index (κ3) is 2.89. The smallest absolute Gasteiger partial charge is 0.225 e. The first-order chi connectivity index (χ1) is 11.6. The van der Waals surface area contributed by atoms with Gasteiger partial charge < -0.3 is 20.1 Å². The van der Waals surface area contributed by atoms with Gasteiger partial charge in [0.1, 0.15) is 5.75 Å². The predicted molar refractivity (Wildman–Crippen MR) is 92.4 cm³/mol. The summed E-state index contributed by atoms with van der Waals surface area (Å²) in [5, 5.41) is 0. The van der Waals surface area contributed by atoms with E-state index in [0.717, 1.165) is 62.1 Å². The number of anilines is 2. The van der Waals surface area contributed by atoms with Gasteiger partial charge in [-0.3, -0.25) is 0 Å². The average molecular weight is 326 g/mol. The van der Waals surface area contributed by atoms with E-state index in [1.807, 2.05) is 25.1 Å². The van der Waals surface area contributed by atoms with Gasteiger partial charge in [0.05, 0.1) is 19.0 Å². The van der Waals surface area contributed by atoms with E-state index in [9.17, 15) is 0 Å². The van der Waals surface area contributed by atoms with E-state index in [-0.39, 0.29) is 0 Å². The van der Waals surface area contributed by atoms with Crippen LogP contribution in [-0.4, -0.2) is 36.3 Å². The second-order valence-electron chi connectivity index (χ2n) is 6.82. The minimum absolute atomic E-state index is 0.305. The first-order valence-electron chi connectivity index (χ1n) is 8.32. The summed E-state index contributed by atoms with van der Waals surface area (Å²) >= 11 is 0. The lowest BCUT2D eigenvalue weighted by Crippen LogP contribution is -2.28. The first kappa shape index (κ1) is 15.2. The van der Waals surface area contributed by atoms with E-state index >= 15 is 0 Å². The lowest BCUT2D eigenvalue weighted by molar-refractivity contribution is 0.160. The van der Waals surface area contributed by atoms with Crippen LogP contribution in [-0.2, 0) is 4.74 Å². The maximum Gasteiger partial charge on any atom is 0.225 e. The van der Waals surface area contributed by atoms with E-state index < -0.39 is 0 Å². The lowest BCUT2D eigenvalue weighted by Gasteiger charge is -2.21. The molecule has 1 spiro atoms. The summed E-state index contributed by atoms with van der Waals surface area (Å²) < 4.78 is 11.4. The Hall–Kier alpha value is -2.34. The number of nitrogens with two attached hydrogens (primary N) is 1. The maximum atomic E-state index is 5.86. The van der Waals surface area contributed by atoms with Crippen LogP contribution >= 0.6 is 0 Å². The first-order valence-corrected chi connectivity index (χ1v) is 8.32. The van der Waals surface area contributed by atoms with Gasteiger partial charge in [0.15, 0.2) is 5.75 Å². The van der Waals surface area contributed by atoms with Gasteiger partial charge >= 0.3 is 0 Å². The molecule has 24 heavy (non-hydrogen) atoms. The standard InChI is InChI=1S/C18H22N4O2/c1-13-8-14(19)2-3-16(13)24-15-9-20-17(21-10-15)22-6-4-18(11-22)5-7-23-12-18/h2-3,8-10H,4-7,11-12,19H2,1H3. The fourth-order valence-electron chi connectivity index (χ4n) is 3.52. The molecular weight excluding hydrogens is 304 g/mol. The number of hydrogen-bond acceptors (Lipinski definition) is 6. The van der Waals surface area contributed by atoms with Crippen LogP contribution < -0.4 is 15.4 Å². The normalized spacial score (nSPS) is 23.1. The van der Waals surface area contributed by atoms with Crippen molar-refractivity contribution in [1.82, 2.24) is 9.97 Å². The zero-order chi connectivity index (χ0) is 16.6. The van der Waals surface area contributed by atoms with Crippen LogP contribution in [0.2, 0.25) is 0 Å². The molecule has 0 bridgehead atoms. The SMILES string of the molecule is Cc1cc(N)ccc1Oc1cnc(N2CCC3(CCOC3)C2)nc1. The van der Waals surface area contributed by atoms with Gasteiger partial charge in [0, 0.05) is 30.8 Å². The molecule has 0 amide bonds. The van der Waals surface area contributed by atoms with Gasteiger partial charge in [-0.25, -0.2) is 9.97 Å². The van der Waals surface area contributed by atoms with Gasteiger partial charge in [-0.15, -0.1) is 0 Å². The molecule has 1 unspecified atom stereocenters. The summed E-state index contributed by atoms with van der Waals surface area (Å²) in [6, 6.07) is 5.58. The second kappa shape index (κ2) is 5.94. The number of hydrogen-bond donors (Lipinski definition) is 1. The summed E-state index contributed by atoms with van der Waals surface area (Å²) in [4.78, 5) is 11.2. The number of nitrogen functional groups attached to an aromatic ring is 1. The molecule has 6 nitrogen and oxygen atoms in total. The quantitative estimate of drug-likeness (QED) is 0.874. The summed E-state index contributed by atoms with van der Waals surface area (Å²) in [6.07, 6.45) is 5.75. The largest absolute Gasteiger partial charge is 0.454 e. The molecule has 0 aliphatic carbocycles. The highest BCUT2D eigenvalue weighted by molar-refractivity contribution is 5.48. The Morgan fingerprint density at radius 3 is 2.79 bits per heavy atom. The highest BCUT2D eigenvalue weighted by Gasteiger charge is 2.41. The van der Waals surface area contributed by atoms with Crippen molar-refractivity contribution in [3.63, 3.8) is 0 Å². The molecule has 0 saturated carbocycles. The average Bonchev–Trinajstić information content (AvgIpc) is 3.21. The second-order valence-corrected chi connectivity index (χ2v) is 6.82. The van der Waals surface area contributed by atoms with Gasteiger partial charge in [-0.2, -0.15) is 0 Å². The summed E-state index contributed by atoms with van der Waals surface area (Å²) in [5.41, 5.74) is 7.79. The predicted octanol–water partition coefficient (Wildman–Crippen LogP) is 2.78. The Morgan fingerprint density at radius 1 is 1.25 bits per heavy atom. The molecule has 1 aromatic carbocycles. The number of nitrogens with zero attached hydrogens (tertiary/aromatic N) is 3. The Balaban J connectivity index is 1.45. The van der Waals surface area contributed by atoms with Crippen molar-refractivity contribution in [2.24, 2.45) is 5.41 Å². The lowest BCUT2D eigenvalue weighted by atomic mass is 9.87. The number of benzene rings is 1. The van der Waals surface area contributed by atoms with E-state index in [2.05, 4.69) is 14.9 Å². The van der Waals surface area contributed by atoms with Crippen molar-refractivity contribution < 1.29 is 9.47 Å². The maximum absolute atomic E-state index is 5.86. The zero-order valence-electron chi connectivity index (χ0n) is 13.9. The van der Waals surface area contributed by atoms with Gasteiger partial charge in [-0.05, 0) is 43.5 Å². The minimum atomic E-state index is 0.305. The van der Waals surface area contributed by atoms with Crippen LogP contribution in [0.1, 0.15) is 18.4 Å². The zero-order valence-corrected chi connectivity index (χ0v) is 13.9. The van der Waals surface area contributed by atoms with Crippen LogP contribution in [0.25, 0.3) is 0 Å². The van der Waals surface area contributed by atoms with Crippen LogP contribution in [0.3, 0.4) is 0 Å². The Morgan fingerprint density at radius 2 is 2.08 bits per heavy atom. The Kier molecular flexibility index (Phi) is 3.76. The molecule has 2 N–H and O–H groups in total. The molecule has 4 rings (SSSR count). The number of ether oxygens (including phenoxy) is 2. The summed E-state index contributed by atoms with van der Waals surface area (Å²) in [5.74, 6) is 2.16. The fraction of sp³-hybridized carbons (Fsp3) is 0.444. The number of aryl methyl sites for hydroxylation is 1. The summed E-state index contributed by atoms with van der Waals surface area (Å²) in [7, 11) is 0. The van der Waals surface area contributed by atoms with E-state index in [4.69, 9.17) is 15.2 Å². The van der Waals surface area contributed by atoms with Crippen molar-refractivity contribution in [3.05, 3.63) is 36.2 Å². The Labute approximate surface area is 141 Å². The molecule has 2 fully saturated rings. The molecule has 126 valence electrons. The molecule has 6 heteroatoms. The molecule has 2 aliphatic rings. The van der Waals surface area contributed by atoms with Gasteiger partial charge in [0.25, 0.3) is 0 Å². The highest BCUT2D eigenvalue weighted by atomic mass is 16.5. The topological polar surface area (TPSA) is 73.5 Å². The van der Waals surface area contributed by atoms with Crippen LogP contribution in [0.5, 0.6) is 11.5 Å². The fourth-order valence-corrected chi connectivity index (χ4v) is 3.52. The summed E-state index contributed by atoms with van der Waals surface area (Å²) in [6.45, 7) is 5.67. The van der Waals surface area contributed by atoms with Gasteiger partial charge in [-0.1, -0.05) is 0 Å². The molecule has 2 aromatic rings. The molecular formula is C18H22N4O2. The molecule has 2 aliphatic heterocycles. The number of aromatic nitrogens is 2. The Bertz CT molecular complexity index is 726. The van der Waals surface area contributed by atoms with E-state index in [1.165, 1.54) is 0 Å². The van der Waals surface area contributed by atoms with Crippen molar-refractivity contribution in [1.29, 1.82) is 0 Å². The third-order valence-corrected chi connectivity index (χ3v) is 4.95. The van der Waals surface area contributed by atoms with Crippen LogP contribution in [0.4, 0.5) is 11.6 Å². The van der Waals surface area contributed by atoms with Crippen LogP contribution in [0.15, 0.2) is 30.6 Å². The monoisotopic (exact) mass is 326 g/mol. The van der Waals surface area contributed by atoms with E-state index in [1.54, 1.807) is 12.4 Å². The number of rotatable bonds is 3. The van der Waals surface area contributed by atoms with Crippen molar-refractivity contribution >= 4 is 11.6 Å². The minimum Gasteiger partial charge on any atom is -0.454 e. The third-order valence-electron chi connectivity index (χ3n) is 4.95. The van der Waals surface area contributed by atoms with Crippen molar-refractivity contribution in [2.45, 2.75) is 19.8 Å².